The van der Waals surface area contributed by atoms with Crippen LogP contribution < -0.4 is 0 Å². The van der Waals surface area contributed by atoms with E-state index >= 15 is 0 Å². The van der Waals surface area contributed by atoms with Gasteiger partial charge in [-0.25, -0.2) is 0 Å². The first kappa shape index (κ1) is 6.50. The van der Waals surface area contributed by atoms with Crippen LogP contribution in [0.1, 0.15) is 19.3 Å². The predicted octanol–water partition coefficient (Wildman–Crippen LogP) is 2.98. The van der Waals surface area contributed by atoms with Gasteiger partial charge >= 0.3 is 0 Å². The monoisotopic (exact) mass is 148 g/mol. The molecule has 0 aromatic carbocycles. The first-order valence-corrected chi connectivity index (χ1v) is 4.38. The maximum atomic E-state index is 5.60. The molecule has 0 aliphatic heterocycles. The average Bonchev–Trinajstić information content (AvgIpc) is 2.50. The van der Waals surface area contributed by atoms with E-state index in [2.05, 4.69) is 6.58 Å². The predicted molar refractivity (Wildman–Crippen MR) is 40.2 cm³/mol. The Morgan fingerprint density at radius 3 is 2.50 bits per heavy atom. The van der Waals surface area contributed by atoms with Crippen molar-refractivity contribution in [2.75, 3.05) is 0 Å². The molecule has 1 aliphatic rings. The van der Waals surface area contributed by atoms with Crippen molar-refractivity contribution in [1.82, 2.24) is 0 Å². The van der Waals surface area contributed by atoms with Crippen LogP contribution in [0, 0.1) is 0 Å². The SMILES string of the molecule is C=CCC1(SCl)CC1. The summed E-state index contributed by atoms with van der Waals surface area (Å²) in [6.45, 7) is 3.66. The molecule has 0 saturated heterocycles. The van der Waals surface area contributed by atoms with Crippen molar-refractivity contribution in [3.63, 3.8) is 0 Å². The van der Waals surface area contributed by atoms with Crippen LogP contribution in [-0.2, 0) is 0 Å². The second-order valence-corrected chi connectivity index (χ2v) is 3.74. The Bertz CT molecular complexity index is 96.7. The van der Waals surface area contributed by atoms with Crippen LogP contribution in [0.25, 0.3) is 0 Å². The lowest BCUT2D eigenvalue weighted by molar-refractivity contribution is 0.932. The van der Waals surface area contributed by atoms with Gasteiger partial charge in [-0.2, -0.15) is 0 Å². The van der Waals surface area contributed by atoms with E-state index in [0.717, 1.165) is 6.42 Å². The molecular formula is C6H9ClS. The van der Waals surface area contributed by atoms with Crippen LogP contribution in [0.15, 0.2) is 12.7 Å². The van der Waals surface area contributed by atoms with Gasteiger partial charge in [-0.1, -0.05) is 6.08 Å². The Labute approximate surface area is 58.8 Å². The summed E-state index contributed by atoms with van der Waals surface area (Å²) in [6.07, 6.45) is 5.56. The molecule has 0 nitrogen and oxygen atoms in total. The summed E-state index contributed by atoms with van der Waals surface area (Å²) in [7, 11) is 7.07. The van der Waals surface area contributed by atoms with E-state index in [9.17, 15) is 0 Å². The number of rotatable bonds is 3. The molecule has 0 aromatic heterocycles. The quantitative estimate of drug-likeness (QED) is 0.555. The van der Waals surface area contributed by atoms with E-state index in [0.29, 0.717) is 4.75 Å². The summed E-state index contributed by atoms with van der Waals surface area (Å²) in [6, 6.07) is 0. The van der Waals surface area contributed by atoms with Crippen LogP contribution in [0.4, 0.5) is 0 Å². The van der Waals surface area contributed by atoms with Gasteiger partial charge < -0.3 is 0 Å². The van der Waals surface area contributed by atoms with E-state index in [1.54, 1.807) is 0 Å². The Balaban J connectivity index is 2.29. The summed E-state index contributed by atoms with van der Waals surface area (Å²) in [4.78, 5) is 0. The first-order chi connectivity index (χ1) is 3.83. The number of halogens is 1. The zero-order chi connectivity index (χ0) is 6.04. The van der Waals surface area contributed by atoms with Crippen molar-refractivity contribution < 1.29 is 0 Å². The maximum Gasteiger partial charge on any atom is 0.0346 e. The Hall–Kier alpha value is 0.380. The van der Waals surface area contributed by atoms with Crippen LogP contribution in [0.5, 0.6) is 0 Å². The molecule has 1 rings (SSSR count). The van der Waals surface area contributed by atoms with E-state index < -0.39 is 0 Å². The molecule has 1 aliphatic carbocycles. The molecule has 0 bridgehead atoms. The lowest BCUT2D eigenvalue weighted by Gasteiger charge is -2.02. The summed E-state index contributed by atoms with van der Waals surface area (Å²) < 4.78 is 0.406. The summed E-state index contributed by atoms with van der Waals surface area (Å²) in [5.74, 6) is 0. The molecule has 1 fully saturated rings. The molecule has 0 atom stereocenters. The van der Waals surface area contributed by atoms with Crippen molar-refractivity contribution in [1.29, 1.82) is 0 Å². The van der Waals surface area contributed by atoms with E-state index in [4.69, 9.17) is 10.7 Å². The Morgan fingerprint density at radius 2 is 2.38 bits per heavy atom. The summed E-state index contributed by atoms with van der Waals surface area (Å²) >= 11 is 0. The lowest BCUT2D eigenvalue weighted by Crippen LogP contribution is -1.95. The molecular weight excluding hydrogens is 140 g/mol. The Kier molecular flexibility index (Phi) is 1.88. The van der Waals surface area contributed by atoms with E-state index in [-0.39, 0.29) is 0 Å². The van der Waals surface area contributed by atoms with Gasteiger partial charge in [0, 0.05) is 4.75 Å². The third-order valence-corrected chi connectivity index (χ3v) is 3.37. The molecule has 0 N–H and O–H groups in total. The van der Waals surface area contributed by atoms with Gasteiger partial charge in [0.15, 0.2) is 0 Å². The molecule has 0 aromatic rings. The van der Waals surface area contributed by atoms with Gasteiger partial charge in [0.1, 0.15) is 0 Å². The molecule has 1 saturated carbocycles. The van der Waals surface area contributed by atoms with Gasteiger partial charge in [-0.15, -0.1) is 6.58 Å². The molecule has 0 spiro atoms. The topological polar surface area (TPSA) is 0 Å². The van der Waals surface area contributed by atoms with E-state index in [1.165, 1.54) is 23.8 Å². The van der Waals surface area contributed by atoms with Crippen LogP contribution >= 0.6 is 21.7 Å². The second-order valence-electron chi connectivity index (χ2n) is 2.25. The van der Waals surface area contributed by atoms with Crippen molar-refractivity contribution in [2.24, 2.45) is 0 Å². The number of hydrogen-bond donors (Lipinski definition) is 0. The minimum atomic E-state index is 0.406. The van der Waals surface area contributed by atoms with Gasteiger partial charge in [-0.05, 0) is 40.9 Å². The third-order valence-electron chi connectivity index (χ3n) is 1.49. The Morgan fingerprint density at radius 1 is 1.75 bits per heavy atom. The fourth-order valence-electron chi connectivity index (χ4n) is 0.715. The van der Waals surface area contributed by atoms with Crippen LogP contribution in [0.2, 0.25) is 0 Å². The van der Waals surface area contributed by atoms with Crippen LogP contribution in [-0.4, -0.2) is 4.75 Å². The van der Waals surface area contributed by atoms with Gasteiger partial charge in [0.2, 0.25) is 0 Å². The highest BCUT2D eigenvalue weighted by Gasteiger charge is 2.41. The average molecular weight is 149 g/mol. The minimum Gasteiger partial charge on any atom is -0.103 e. The maximum absolute atomic E-state index is 5.60. The van der Waals surface area contributed by atoms with Gasteiger partial charge in [-0.3, -0.25) is 0 Å². The minimum absolute atomic E-state index is 0.406. The standard InChI is InChI=1S/C6H9ClS/c1-2-3-6(8-7)4-5-6/h2H,1,3-5H2. The highest BCUT2D eigenvalue weighted by molar-refractivity contribution is 8.22. The van der Waals surface area contributed by atoms with Gasteiger partial charge in [0.25, 0.3) is 0 Å². The molecule has 0 radical (unpaired) electrons. The number of hydrogen-bond acceptors (Lipinski definition) is 1. The third kappa shape index (κ3) is 1.20. The smallest absolute Gasteiger partial charge is 0.0346 e. The fourth-order valence-corrected chi connectivity index (χ4v) is 1.80. The van der Waals surface area contributed by atoms with Crippen molar-refractivity contribution in [3.05, 3.63) is 12.7 Å². The number of allylic oxidation sites excluding steroid dienone is 1. The van der Waals surface area contributed by atoms with Crippen molar-refractivity contribution in [3.8, 4) is 0 Å². The van der Waals surface area contributed by atoms with Crippen molar-refractivity contribution >= 4 is 21.7 Å². The molecule has 0 amide bonds. The van der Waals surface area contributed by atoms with E-state index in [1.807, 2.05) is 6.08 Å². The summed E-state index contributed by atoms with van der Waals surface area (Å²) in [5.41, 5.74) is 0. The summed E-state index contributed by atoms with van der Waals surface area (Å²) in [5, 5.41) is 0. The highest BCUT2D eigenvalue weighted by Crippen LogP contribution is 2.52. The van der Waals surface area contributed by atoms with Crippen molar-refractivity contribution in [2.45, 2.75) is 24.0 Å². The molecule has 8 heavy (non-hydrogen) atoms. The zero-order valence-corrected chi connectivity index (χ0v) is 6.26. The second kappa shape index (κ2) is 2.32. The molecule has 0 unspecified atom stereocenters. The fraction of sp³-hybridized carbons (Fsp3) is 0.667. The lowest BCUT2D eigenvalue weighted by atomic mass is 10.3. The largest absolute Gasteiger partial charge is 0.103 e. The molecule has 0 heterocycles. The normalized spacial score (nSPS) is 22.6. The molecule has 46 valence electrons. The highest BCUT2D eigenvalue weighted by atomic mass is 35.7. The molecule has 2 heteroatoms. The van der Waals surface area contributed by atoms with Gasteiger partial charge in [0.05, 0.1) is 0 Å². The zero-order valence-electron chi connectivity index (χ0n) is 4.69. The first-order valence-electron chi connectivity index (χ1n) is 2.74. The van der Waals surface area contributed by atoms with Crippen LogP contribution in [0.3, 0.4) is 0 Å².